The highest BCUT2D eigenvalue weighted by atomic mass is 16.5. The number of ether oxygens (including phenoxy) is 2. The van der Waals surface area contributed by atoms with Gasteiger partial charge in [-0.05, 0) is 25.2 Å². The molecule has 0 aromatic rings. The van der Waals surface area contributed by atoms with Gasteiger partial charge < -0.3 is 15.2 Å². The highest BCUT2D eigenvalue weighted by Gasteiger charge is 2.25. The molecule has 0 aromatic heterocycles. The Labute approximate surface area is 78.4 Å². The predicted molar refractivity (Wildman–Crippen MR) is 48.2 cm³/mol. The Balaban J connectivity index is 2.43. The van der Waals surface area contributed by atoms with E-state index in [1.165, 1.54) is 7.11 Å². The van der Waals surface area contributed by atoms with E-state index in [2.05, 4.69) is 4.74 Å². The Morgan fingerprint density at radius 3 is 3.00 bits per heavy atom. The van der Waals surface area contributed by atoms with E-state index in [9.17, 15) is 4.79 Å². The minimum Gasteiger partial charge on any atom is -0.468 e. The molecule has 2 N–H and O–H groups in total. The van der Waals surface area contributed by atoms with E-state index in [0.717, 1.165) is 25.9 Å². The van der Waals surface area contributed by atoms with Crippen LogP contribution in [0.2, 0.25) is 0 Å². The minimum atomic E-state index is -0.480. The normalized spacial score (nSPS) is 26.2. The molecule has 0 aromatic carbocycles. The third kappa shape index (κ3) is 2.97. The number of methoxy groups -OCH3 is 1. The summed E-state index contributed by atoms with van der Waals surface area (Å²) in [5, 5.41) is 0. The van der Waals surface area contributed by atoms with Crippen LogP contribution in [-0.2, 0) is 14.3 Å². The lowest BCUT2D eigenvalue weighted by atomic mass is 9.93. The first-order valence-corrected chi connectivity index (χ1v) is 4.67. The van der Waals surface area contributed by atoms with E-state index < -0.39 is 6.04 Å². The van der Waals surface area contributed by atoms with Crippen LogP contribution in [0.25, 0.3) is 0 Å². The predicted octanol–water partition coefficient (Wildman–Crippen LogP) is 0.303. The molecule has 4 nitrogen and oxygen atoms in total. The summed E-state index contributed by atoms with van der Waals surface area (Å²) in [6.07, 6.45) is 2.79. The molecule has 0 aliphatic carbocycles. The minimum absolute atomic E-state index is 0.218. The zero-order valence-electron chi connectivity index (χ0n) is 7.99. The third-order valence-electron chi connectivity index (χ3n) is 2.48. The van der Waals surface area contributed by atoms with Gasteiger partial charge in [0.15, 0.2) is 0 Å². The molecule has 1 aliphatic heterocycles. The summed E-state index contributed by atoms with van der Waals surface area (Å²) in [5.41, 5.74) is 5.74. The van der Waals surface area contributed by atoms with Crippen molar-refractivity contribution in [1.29, 1.82) is 0 Å². The molecule has 0 amide bonds. The van der Waals surface area contributed by atoms with E-state index in [-0.39, 0.29) is 11.9 Å². The van der Waals surface area contributed by atoms with Crippen LogP contribution >= 0.6 is 0 Å². The van der Waals surface area contributed by atoms with Crippen LogP contribution in [0.1, 0.15) is 19.3 Å². The first-order chi connectivity index (χ1) is 6.25. The van der Waals surface area contributed by atoms with Gasteiger partial charge in [-0.1, -0.05) is 0 Å². The zero-order valence-corrected chi connectivity index (χ0v) is 7.99. The molecule has 0 saturated carbocycles. The summed E-state index contributed by atoms with van der Waals surface area (Å²) in [6.45, 7) is 1.49. The summed E-state index contributed by atoms with van der Waals surface area (Å²) in [7, 11) is 1.37. The molecule has 13 heavy (non-hydrogen) atoms. The topological polar surface area (TPSA) is 61.5 Å². The maximum absolute atomic E-state index is 11.1. The summed E-state index contributed by atoms with van der Waals surface area (Å²) < 4.78 is 9.88. The van der Waals surface area contributed by atoms with Gasteiger partial charge in [0.05, 0.1) is 7.11 Å². The average molecular weight is 187 g/mol. The van der Waals surface area contributed by atoms with Crippen LogP contribution in [0.5, 0.6) is 0 Å². The highest BCUT2D eigenvalue weighted by Crippen LogP contribution is 2.18. The van der Waals surface area contributed by atoms with Gasteiger partial charge in [-0.15, -0.1) is 0 Å². The lowest BCUT2D eigenvalue weighted by Crippen LogP contribution is -2.39. The van der Waals surface area contributed by atoms with E-state index in [4.69, 9.17) is 10.5 Å². The summed E-state index contributed by atoms with van der Waals surface area (Å²) in [5.74, 6) is -0.0955. The summed E-state index contributed by atoms with van der Waals surface area (Å²) in [6, 6.07) is -0.480. The van der Waals surface area contributed by atoms with Crippen molar-refractivity contribution in [3.8, 4) is 0 Å². The van der Waals surface area contributed by atoms with E-state index in [1.807, 2.05) is 0 Å². The van der Waals surface area contributed by atoms with Crippen molar-refractivity contribution in [2.45, 2.75) is 25.3 Å². The second-order valence-corrected chi connectivity index (χ2v) is 3.35. The molecule has 1 aliphatic rings. The number of nitrogens with two attached hydrogens (primary N) is 1. The van der Waals surface area contributed by atoms with Crippen molar-refractivity contribution < 1.29 is 14.3 Å². The standard InChI is InChI=1S/C9H17NO3/c1-12-9(11)8(10)7-3-2-5-13-6-4-7/h7-8H,2-6,10H2,1H3. The number of carbonyl (C=O) groups is 1. The Morgan fingerprint density at radius 2 is 2.31 bits per heavy atom. The fourth-order valence-electron chi connectivity index (χ4n) is 1.62. The molecule has 1 fully saturated rings. The van der Waals surface area contributed by atoms with Gasteiger partial charge in [0.1, 0.15) is 6.04 Å². The van der Waals surface area contributed by atoms with Crippen LogP contribution in [0.15, 0.2) is 0 Å². The lowest BCUT2D eigenvalue weighted by Gasteiger charge is -2.18. The van der Waals surface area contributed by atoms with Crippen molar-refractivity contribution in [3.63, 3.8) is 0 Å². The number of carbonyl (C=O) groups excluding carboxylic acids is 1. The molecule has 2 atom stereocenters. The van der Waals surface area contributed by atoms with Crippen LogP contribution in [-0.4, -0.2) is 32.3 Å². The first kappa shape index (κ1) is 10.5. The zero-order chi connectivity index (χ0) is 9.68. The van der Waals surface area contributed by atoms with Gasteiger partial charge in [-0.3, -0.25) is 4.79 Å². The molecule has 76 valence electrons. The number of esters is 1. The fourth-order valence-corrected chi connectivity index (χ4v) is 1.62. The van der Waals surface area contributed by atoms with Gasteiger partial charge in [-0.2, -0.15) is 0 Å². The van der Waals surface area contributed by atoms with Gasteiger partial charge in [0, 0.05) is 13.2 Å². The SMILES string of the molecule is COC(=O)C(N)C1CCCOCC1. The first-order valence-electron chi connectivity index (χ1n) is 4.67. The van der Waals surface area contributed by atoms with Crippen molar-refractivity contribution in [2.24, 2.45) is 11.7 Å². The van der Waals surface area contributed by atoms with Crippen molar-refractivity contribution in [1.82, 2.24) is 0 Å². The highest BCUT2D eigenvalue weighted by molar-refractivity contribution is 5.75. The molecule has 0 bridgehead atoms. The Hall–Kier alpha value is -0.610. The van der Waals surface area contributed by atoms with Gasteiger partial charge in [0.25, 0.3) is 0 Å². The second kappa shape index (κ2) is 5.19. The molecule has 2 unspecified atom stereocenters. The smallest absolute Gasteiger partial charge is 0.322 e. The third-order valence-corrected chi connectivity index (χ3v) is 2.48. The maximum Gasteiger partial charge on any atom is 0.322 e. The van der Waals surface area contributed by atoms with Crippen LogP contribution in [0.3, 0.4) is 0 Å². The molecule has 0 radical (unpaired) electrons. The summed E-state index contributed by atoms with van der Waals surface area (Å²) >= 11 is 0. The van der Waals surface area contributed by atoms with E-state index >= 15 is 0 Å². The quantitative estimate of drug-likeness (QED) is 0.632. The number of hydrogen-bond acceptors (Lipinski definition) is 4. The second-order valence-electron chi connectivity index (χ2n) is 3.35. The molecule has 0 spiro atoms. The van der Waals surface area contributed by atoms with Gasteiger partial charge >= 0.3 is 5.97 Å². The van der Waals surface area contributed by atoms with Crippen molar-refractivity contribution in [3.05, 3.63) is 0 Å². The van der Waals surface area contributed by atoms with Gasteiger partial charge in [-0.25, -0.2) is 0 Å². The molecule has 1 saturated heterocycles. The fraction of sp³-hybridized carbons (Fsp3) is 0.889. The van der Waals surface area contributed by atoms with Gasteiger partial charge in [0.2, 0.25) is 0 Å². The van der Waals surface area contributed by atoms with Crippen molar-refractivity contribution in [2.75, 3.05) is 20.3 Å². The molecular weight excluding hydrogens is 170 g/mol. The maximum atomic E-state index is 11.1. The molecular formula is C9H17NO3. The lowest BCUT2D eigenvalue weighted by molar-refractivity contribution is -0.143. The Morgan fingerprint density at radius 1 is 1.54 bits per heavy atom. The van der Waals surface area contributed by atoms with E-state index in [1.54, 1.807) is 0 Å². The Kier molecular flexibility index (Phi) is 4.18. The number of rotatable bonds is 2. The van der Waals surface area contributed by atoms with Crippen LogP contribution < -0.4 is 5.73 Å². The van der Waals surface area contributed by atoms with Crippen LogP contribution in [0, 0.1) is 5.92 Å². The van der Waals surface area contributed by atoms with Crippen molar-refractivity contribution >= 4 is 5.97 Å². The average Bonchev–Trinajstić information content (AvgIpc) is 2.43. The molecule has 4 heteroatoms. The molecule has 1 heterocycles. The van der Waals surface area contributed by atoms with Crippen LogP contribution in [0.4, 0.5) is 0 Å². The Bertz CT molecular complexity index is 164. The summed E-state index contributed by atoms with van der Waals surface area (Å²) in [4.78, 5) is 11.1. The largest absolute Gasteiger partial charge is 0.468 e. The number of hydrogen-bond donors (Lipinski definition) is 1. The monoisotopic (exact) mass is 187 g/mol. The molecule has 1 rings (SSSR count). The van der Waals surface area contributed by atoms with E-state index in [0.29, 0.717) is 6.61 Å².